The van der Waals surface area contributed by atoms with Crippen molar-refractivity contribution in [2.24, 2.45) is 0 Å². The molecule has 0 radical (unpaired) electrons. The number of fused-ring (bicyclic) bond motifs is 3. The standard InChI is InChI=1S/C21H25BrOSi/c1-21(2,3)24(4,5)23-14-16-12-15-10-11-17(22)13-20(15)19-9-7-6-8-18(16)19/h6-13H,14H2,1-5H3. The first-order chi connectivity index (χ1) is 11.2. The van der Waals surface area contributed by atoms with E-state index in [9.17, 15) is 0 Å². The lowest BCUT2D eigenvalue weighted by Crippen LogP contribution is -2.40. The second kappa shape index (κ2) is 6.29. The molecule has 3 aromatic carbocycles. The van der Waals surface area contributed by atoms with Gasteiger partial charge in [-0.3, -0.25) is 0 Å². The predicted molar refractivity (Wildman–Crippen MR) is 111 cm³/mol. The van der Waals surface area contributed by atoms with Crippen molar-refractivity contribution < 1.29 is 4.43 Å². The first-order valence-corrected chi connectivity index (χ1v) is 12.1. The molecule has 0 aliphatic carbocycles. The minimum Gasteiger partial charge on any atom is -0.413 e. The minimum absolute atomic E-state index is 0.227. The predicted octanol–water partition coefficient (Wildman–Crippen LogP) is 7.28. The zero-order valence-corrected chi connectivity index (χ0v) is 17.7. The fourth-order valence-corrected chi connectivity index (χ4v) is 4.06. The maximum atomic E-state index is 6.49. The van der Waals surface area contributed by atoms with Gasteiger partial charge in [0.25, 0.3) is 0 Å². The lowest BCUT2D eigenvalue weighted by atomic mass is 9.98. The van der Waals surface area contributed by atoms with Crippen LogP contribution in [0.25, 0.3) is 21.5 Å². The zero-order chi connectivity index (χ0) is 17.5. The third kappa shape index (κ3) is 3.30. The highest BCUT2D eigenvalue weighted by atomic mass is 79.9. The summed E-state index contributed by atoms with van der Waals surface area (Å²) in [6.45, 7) is 12.2. The molecule has 0 bridgehead atoms. The molecule has 0 unspecified atom stereocenters. The van der Waals surface area contributed by atoms with Gasteiger partial charge in [-0.25, -0.2) is 0 Å². The van der Waals surface area contributed by atoms with Gasteiger partial charge in [0.15, 0.2) is 8.32 Å². The maximum absolute atomic E-state index is 6.49. The fourth-order valence-electron chi connectivity index (χ4n) is 2.75. The van der Waals surface area contributed by atoms with Crippen LogP contribution in [0.5, 0.6) is 0 Å². The molecule has 1 nitrogen and oxygen atoms in total. The molecule has 24 heavy (non-hydrogen) atoms. The number of hydrogen-bond donors (Lipinski definition) is 0. The average Bonchev–Trinajstić information content (AvgIpc) is 2.52. The lowest BCUT2D eigenvalue weighted by molar-refractivity contribution is 0.278. The van der Waals surface area contributed by atoms with E-state index in [4.69, 9.17) is 4.43 Å². The van der Waals surface area contributed by atoms with E-state index in [1.807, 2.05) is 0 Å². The molecular formula is C21H25BrOSi. The van der Waals surface area contributed by atoms with Gasteiger partial charge in [-0.05, 0) is 63.4 Å². The molecule has 0 heterocycles. The summed E-state index contributed by atoms with van der Waals surface area (Å²) in [5, 5.41) is 5.37. The summed E-state index contributed by atoms with van der Waals surface area (Å²) in [7, 11) is -1.76. The van der Waals surface area contributed by atoms with Crippen LogP contribution in [-0.4, -0.2) is 8.32 Å². The van der Waals surface area contributed by atoms with Crippen molar-refractivity contribution in [1.29, 1.82) is 0 Å². The van der Waals surface area contributed by atoms with Gasteiger partial charge in [0.2, 0.25) is 0 Å². The van der Waals surface area contributed by atoms with E-state index in [0.717, 1.165) is 4.47 Å². The van der Waals surface area contributed by atoms with Crippen LogP contribution in [0.4, 0.5) is 0 Å². The van der Waals surface area contributed by atoms with Crippen molar-refractivity contribution in [3.8, 4) is 0 Å². The van der Waals surface area contributed by atoms with Crippen LogP contribution in [0.15, 0.2) is 53.0 Å². The van der Waals surface area contributed by atoms with Gasteiger partial charge in [-0.1, -0.05) is 67.0 Å². The molecule has 0 saturated carbocycles. The second-order valence-electron chi connectivity index (χ2n) is 8.00. The van der Waals surface area contributed by atoms with E-state index in [1.165, 1.54) is 27.1 Å². The van der Waals surface area contributed by atoms with E-state index in [1.54, 1.807) is 0 Å². The highest BCUT2D eigenvalue weighted by molar-refractivity contribution is 9.10. The molecule has 126 valence electrons. The molecule has 0 N–H and O–H groups in total. The normalized spacial score (nSPS) is 12.9. The second-order valence-corrected chi connectivity index (χ2v) is 13.7. The molecule has 0 aliphatic rings. The van der Waals surface area contributed by atoms with Gasteiger partial charge in [0.1, 0.15) is 0 Å². The molecule has 0 aromatic heterocycles. The fraction of sp³-hybridized carbons (Fsp3) is 0.333. The van der Waals surface area contributed by atoms with Crippen LogP contribution >= 0.6 is 15.9 Å². The molecule has 3 rings (SSSR count). The van der Waals surface area contributed by atoms with Crippen molar-refractivity contribution in [1.82, 2.24) is 0 Å². The average molecular weight is 401 g/mol. The minimum atomic E-state index is -1.76. The third-order valence-electron chi connectivity index (χ3n) is 5.30. The summed E-state index contributed by atoms with van der Waals surface area (Å²) in [6.07, 6.45) is 0. The number of rotatable bonds is 3. The summed E-state index contributed by atoms with van der Waals surface area (Å²) in [4.78, 5) is 0. The van der Waals surface area contributed by atoms with E-state index in [0.29, 0.717) is 6.61 Å². The smallest absolute Gasteiger partial charge is 0.192 e. The van der Waals surface area contributed by atoms with Crippen molar-refractivity contribution in [2.75, 3.05) is 0 Å². The van der Waals surface area contributed by atoms with Gasteiger partial charge in [0.05, 0.1) is 6.61 Å². The van der Waals surface area contributed by atoms with Gasteiger partial charge in [0, 0.05) is 4.47 Å². The summed E-state index contributed by atoms with van der Waals surface area (Å²) in [6, 6.07) is 17.4. The Kier molecular flexibility index (Phi) is 4.62. The molecule has 3 aromatic rings. The Morgan fingerprint density at radius 1 is 0.917 bits per heavy atom. The van der Waals surface area contributed by atoms with Crippen LogP contribution in [0.3, 0.4) is 0 Å². The van der Waals surface area contributed by atoms with Gasteiger partial charge < -0.3 is 4.43 Å². The topological polar surface area (TPSA) is 9.23 Å². The largest absolute Gasteiger partial charge is 0.413 e. The van der Waals surface area contributed by atoms with E-state index in [-0.39, 0.29) is 5.04 Å². The first-order valence-electron chi connectivity index (χ1n) is 8.43. The first kappa shape index (κ1) is 17.7. The van der Waals surface area contributed by atoms with E-state index >= 15 is 0 Å². The quantitative estimate of drug-likeness (QED) is 0.331. The van der Waals surface area contributed by atoms with E-state index < -0.39 is 8.32 Å². The van der Waals surface area contributed by atoms with Crippen molar-refractivity contribution in [3.63, 3.8) is 0 Å². The molecule has 0 saturated heterocycles. The summed E-state index contributed by atoms with van der Waals surface area (Å²) in [5.74, 6) is 0. The molecule has 0 atom stereocenters. The maximum Gasteiger partial charge on any atom is 0.192 e. The molecule has 0 amide bonds. The Labute approximate surface area is 154 Å². The van der Waals surface area contributed by atoms with Crippen molar-refractivity contribution in [3.05, 3.63) is 58.6 Å². The highest BCUT2D eigenvalue weighted by Crippen LogP contribution is 2.38. The number of halogens is 1. The van der Waals surface area contributed by atoms with Crippen LogP contribution in [0.1, 0.15) is 26.3 Å². The lowest BCUT2D eigenvalue weighted by Gasteiger charge is -2.36. The van der Waals surface area contributed by atoms with Crippen LogP contribution in [0, 0.1) is 0 Å². The van der Waals surface area contributed by atoms with Crippen molar-refractivity contribution >= 4 is 45.8 Å². The zero-order valence-electron chi connectivity index (χ0n) is 15.1. The number of benzene rings is 3. The summed E-state index contributed by atoms with van der Waals surface area (Å²) >= 11 is 3.60. The Bertz CT molecular complexity index is 893. The molecule has 0 aliphatic heterocycles. The Hall–Kier alpha value is -1.16. The van der Waals surface area contributed by atoms with Crippen LogP contribution in [0.2, 0.25) is 18.1 Å². The molecular weight excluding hydrogens is 376 g/mol. The van der Waals surface area contributed by atoms with Gasteiger partial charge in [-0.2, -0.15) is 0 Å². The Morgan fingerprint density at radius 3 is 2.25 bits per heavy atom. The molecule has 0 fully saturated rings. The number of hydrogen-bond acceptors (Lipinski definition) is 1. The molecule has 0 spiro atoms. The Balaban J connectivity index is 2.09. The van der Waals surface area contributed by atoms with Gasteiger partial charge in [-0.15, -0.1) is 0 Å². The highest BCUT2D eigenvalue weighted by Gasteiger charge is 2.37. The van der Waals surface area contributed by atoms with E-state index in [2.05, 4.69) is 98.3 Å². The third-order valence-corrected chi connectivity index (χ3v) is 10.3. The van der Waals surface area contributed by atoms with Crippen LogP contribution in [-0.2, 0) is 11.0 Å². The molecule has 3 heteroatoms. The SMILES string of the molecule is CC(C)(C)[Si](C)(C)OCc1cc2ccc(Br)cc2c2ccccc12. The Morgan fingerprint density at radius 2 is 1.58 bits per heavy atom. The summed E-state index contributed by atoms with van der Waals surface area (Å²) in [5.41, 5.74) is 1.28. The van der Waals surface area contributed by atoms with Crippen LogP contribution < -0.4 is 0 Å². The van der Waals surface area contributed by atoms with Gasteiger partial charge >= 0.3 is 0 Å². The monoisotopic (exact) mass is 400 g/mol. The summed E-state index contributed by atoms with van der Waals surface area (Å²) < 4.78 is 7.61. The van der Waals surface area contributed by atoms with Crippen molar-refractivity contribution in [2.45, 2.75) is 45.5 Å².